The molecule has 0 saturated carbocycles. The number of hydrogen-bond acceptors (Lipinski definition) is 2. The zero-order chi connectivity index (χ0) is 10.6. The molecule has 2 N–H and O–H groups in total. The zero-order valence-corrected chi connectivity index (χ0v) is 8.58. The molecular formula is C12H15NO. The summed E-state index contributed by atoms with van der Waals surface area (Å²) in [4.78, 5) is 0. The third-order valence-corrected chi connectivity index (χ3v) is 2.03. The number of ether oxygens (including phenoxy) is 1. The molecular weight excluding hydrogens is 174 g/mol. The summed E-state index contributed by atoms with van der Waals surface area (Å²) in [6.07, 6.45) is 1.76. The molecule has 0 aliphatic rings. The first kappa shape index (κ1) is 10.4. The van der Waals surface area contributed by atoms with Gasteiger partial charge < -0.3 is 10.5 Å². The Labute approximate surface area is 84.7 Å². The molecule has 1 rings (SSSR count). The van der Waals surface area contributed by atoms with Crippen LogP contribution in [0, 0.1) is 0 Å². The van der Waals surface area contributed by atoms with E-state index in [4.69, 9.17) is 10.5 Å². The molecule has 0 aromatic heterocycles. The lowest BCUT2D eigenvalue weighted by Gasteiger charge is -2.06. The Morgan fingerprint density at radius 2 is 1.93 bits per heavy atom. The Morgan fingerprint density at radius 3 is 2.29 bits per heavy atom. The van der Waals surface area contributed by atoms with Gasteiger partial charge in [-0.2, -0.15) is 0 Å². The lowest BCUT2D eigenvalue weighted by molar-refractivity contribution is 0.415. The van der Waals surface area contributed by atoms with E-state index in [2.05, 4.69) is 6.58 Å². The first-order valence-electron chi connectivity index (χ1n) is 4.42. The van der Waals surface area contributed by atoms with Gasteiger partial charge in [0.2, 0.25) is 0 Å². The maximum absolute atomic E-state index is 5.73. The van der Waals surface area contributed by atoms with E-state index in [9.17, 15) is 0 Å². The van der Waals surface area contributed by atoms with E-state index in [1.807, 2.05) is 31.2 Å². The lowest BCUT2D eigenvalue weighted by atomic mass is 10.0. The van der Waals surface area contributed by atoms with E-state index in [0.29, 0.717) is 0 Å². The number of benzene rings is 1. The Morgan fingerprint density at radius 1 is 1.36 bits per heavy atom. The van der Waals surface area contributed by atoms with Crippen LogP contribution in [0.15, 0.2) is 42.6 Å². The van der Waals surface area contributed by atoms with Gasteiger partial charge in [0.1, 0.15) is 5.75 Å². The molecule has 0 fully saturated rings. The maximum Gasteiger partial charge on any atom is 0.118 e. The van der Waals surface area contributed by atoms with Gasteiger partial charge in [0.05, 0.1) is 7.11 Å². The summed E-state index contributed by atoms with van der Waals surface area (Å²) in [6, 6.07) is 7.74. The zero-order valence-electron chi connectivity index (χ0n) is 8.58. The molecule has 0 aliphatic heterocycles. The van der Waals surface area contributed by atoms with Gasteiger partial charge in [-0.15, -0.1) is 0 Å². The number of allylic oxidation sites excluding steroid dienone is 3. The van der Waals surface area contributed by atoms with Crippen LogP contribution < -0.4 is 10.5 Å². The van der Waals surface area contributed by atoms with Gasteiger partial charge in [-0.05, 0) is 30.2 Å². The standard InChI is InChI=1S/C12H15NO/c1-4-12(9(2)13)10-5-7-11(14-3)8-6-10/h4-8H,1,13H2,2-3H3/b12-9-. The molecule has 0 spiro atoms. The molecule has 2 nitrogen and oxygen atoms in total. The van der Waals surface area contributed by atoms with Gasteiger partial charge in [-0.25, -0.2) is 0 Å². The van der Waals surface area contributed by atoms with E-state index in [1.165, 1.54) is 0 Å². The van der Waals surface area contributed by atoms with Crippen LogP contribution in [0.4, 0.5) is 0 Å². The Hall–Kier alpha value is -1.70. The van der Waals surface area contributed by atoms with E-state index in [0.717, 1.165) is 22.6 Å². The molecule has 0 unspecified atom stereocenters. The molecule has 0 saturated heterocycles. The summed E-state index contributed by atoms with van der Waals surface area (Å²) < 4.78 is 5.07. The van der Waals surface area contributed by atoms with Crippen molar-refractivity contribution >= 4 is 5.57 Å². The van der Waals surface area contributed by atoms with Crippen molar-refractivity contribution in [3.05, 3.63) is 48.2 Å². The van der Waals surface area contributed by atoms with Crippen molar-refractivity contribution in [3.63, 3.8) is 0 Å². The molecule has 2 heteroatoms. The van der Waals surface area contributed by atoms with Gasteiger partial charge in [-0.3, -0.25) is 0 Å². The van der Waals surface area contributed by atoms with Crippen LogP contribution in [-0.2, 0) is 0 Å². The Bertz CT molecular complexity index is 345. The molecule has 0 heterocycles. The maximum atomic E-state index is 5.73. The van der Waals surface area contributed by atoms with Crippen molar-refractivity contribution in [3.8, 4) is 5.75 Å². The minimum atomic E-state index is 0.769. The van der Waals surface area contributed by atoms with Gasteiger partial charge in [0.15, 0.2) is 0 Å². The molecule has 1 aromatic carbocycles. The minimum Gasteiger partial charge on any atom is -0.497 e. The molecule has 0 amide bonds. The van der Waals surface area contributed by atoms with Crippen molar-refractivity contribution < 1.29 is 4.74 Å². The summed E-state index contributed by atoms with van der Waals surface area (Å²) in [6.45, 7) is 5.59. The van der Waals surface area contributed by atoms with Crippen molar-refractivity contribution in [2.75, 3.05) is 7.11 Å². The van der Waals surface area contributed by atoms with E-state index < -0.39 is 0 Å². The number of hydrogen-bond donors (Lipinski definition) is 1. The largest absolute Gasteiger partial charge is 0.497 e. The average Bonchev–Trinajstić information content (AvgIpc) is 2.19. The van der Waals surface area contributed by atoms with Gasteiger partial charge in [0, 0.05) is 5.70 Å². The first-order chi connectivity index (χ1) is 6.69. The van der Waals surface area contributed by atoms with Crippen LogP contribution in [0.5, 0.6) is 5.75 Å². The highest BCUT2D eigenvalue weighted by Gasteiger charge is 1.99. The normalized spacial score (nSPS) is 11.9. The number of nitrogens with two attached hydrogens (primary N) is 1. The summed E-state index contributed by atoms with van der Waals surface area (Å²) in [5, 5.41) is 0. The predicted octanol–water partition coefficient (Wildman–Crippen LogP) is 2.57. The Kier molecular flexibility index (Phi) is 3.35. The second kappa shape index (κ2) is 4.51. The first-order valence-corrected chi connectivity index (χ1v) is 4.42. The molecule has 14 heavy (non-hydrogen) atoms. The molecule has 1 aromatic rings. The topological polar surface area (TPSA) is 35.2 Å². The molecule has 0 radical (unpaired) electrons. The fraction of sp³-hybridized carbons (Fsp3) is 0.167. The number of rotatable bonds is 3. The van der Waals surface area contributed by atoms with Crippen LogP contribution in [0.3, 0.4) is 0 Å². The highest BCUT2D eigenvalue weighted by molar-refractivity contribution is 5.75. The third kappa shape index (κ3) is 2.16. The van der Waals surface area contributed by atoms with Crippen molar-refractivity contribution in [2.24, 2.45) is 5.73 Å². The molecule has 0 bridgehead atoms. The predicted molar refractivity (Wildman–Crippen MR) is 60.0 cm³/mol. The average molecular weight is 189 g/mol. The van der Waals surface area contributed by atoms with Crippen molar-refractivity contribution in [2.45, 2.75) is 6.92 Å². The fourth-order valence-corrected chi connectivity index (χ4v) is 1.28. The summed E-state index contributed by atoms with van der Waals surface area (Å²) in [7, 11) is 1.65. The highest BCUT2D eigenvalue weighted by Crippen LogP contribution is 2.20. The Balaban J connectivity index is 3.08. The van der Waals surface area contributed by atoms with Crippen molar-refractivity contribution in [1.82, 2.24) is 0 Å². The van der Waals surface area contributed by atoms with Crippen molar-refractivity contribution in [1.29, 1.82) is 0 Å². The quantitative estimate of drug-likeness (QED) is 0.742. The van der Waals surface area contributed by atoms with Crippen LogP contribution >= 0.6 is 0 Å². The smallest absolute Gasteiger partial charge is 0.118 e. The van der Waals surface area contributed by atoms with Gasteiger partial charge in [-0.1, -0.05) is 24.8 Å². The van der Waals surface area contributed by atoms with Crippen LogP contribution in [0.1, 0.15) is 12.5 Å². The molecule has 74 valence electrons. The van der Waals surface area contributed by atoms with Crippen LogP contribution in [0.25, 0.3) is 5.57 Å². The summed E-state index contributed by atoms with van der Waals surface area (Å²) >= 11 is 0. The van der Waals surface area contributed by atoms with E-state index >= 15 is 0 Å². The SMILES string of the molecule is C=C/C(=C(\C)N)c1ccc(OC)cc1. The van der Waals surface area contributed by atoms with Crippen LogP contribution in [-0.4, -0.2) is 7.11 Å². The second-order valence-electron chi connectivity index (χ2n) is 3.03. The molecule has 0 atom stereocenters. The van der Waals surface area contributed by atoms with Crippen LogP contribution in [0.2, 0.25) is 0 Å². The van der Waals surface area contributed by atoms with E-state index in [1.54, 1.807) is 13.2 Å². The van der Waals surface area contributed by atoms with E-state index in [-0.39, 0.29) is 0 Å². The summed E-state index contributed by atoms with van der Waals surface area (Å²) in [5.41, 5.74) is 8.52. The highest BCUT2D eigenvalue weighted by atomic mass is 16.5. The van der Waals surface area contributed by atoms with Gasteiger partial charge >= 0.3 is 0 Å². The number of methoxy groups -OCH3 is 1. The summed E-state index contributed by atoms with van der Waals surface area (Å²) in [5.74, 6) is 0.840. The second-order valence-corrected chi connectivity index (χ2v) is 3.03. The minimum absolute atomic E-state index is 0.769. The van der Waals surface area contributed by atoms with Gasteiger partial charge in [0.25, 0.3) is 0 Å². The third-order valence-electron chi connectivity index (χ3n) is 2.03. The lowest BCUT2D eigenvalue weighted by Crippen LogP contribution is -1.96. The monoisotopic (exact) mass is 189 g/mol. The molecule has 0 aliphatic carbocycles. The fourth-order valence-electron chi connectivity index (χ4n) is 1.28.